The van der Waals surface area contributed by atoms with Crippen molar-refractivity contribution in [1.82, 2.24) is 0 Å². The van der Waals surface area contributed by atoms with Crippen LogP contribution in [0.25, 0.3) is 0 Å². The summed E-state index contributed by atoms with van der Waals surface area (Å²) in [6.45, 7) is 0. The van der Waals surface area contributed by atoms with Crippen LogP contribution in [0.4, 0.5) is 21.5 Å². The lowest BCUT2D eigenvalue weighted by molar-refractivity contribution is -0.117. The zero-order valence-electron chi connectivity index (χ0n) is 10.1. The Balaban J connectivity index is 1.97. The Morgan fingerprint density at radius 1 is 1.11 bits per heavy atom. The van der Waals surface area contributed by atoms with Gasteiger partial charge in [0.05, 0.1) is 5.69 Å². The zero-order valence-corrected chi connectivity index (χ0v) is 10.1. The second kappa shape index (κ2) is 3.57. The molecule has 0 saturated carbocycles. The van der Waals surface area contributed by atoms with Gasteiger partial charge >= 0.3 is 0 Å². The minimum absolute atomic E-state index is 0.145. The predicted octanol–water partition coefficient (Wildman–Crippen LogP) is 2.84. The van der Waals surface area contributed by atoms with Crippen molar-refractivity contribution >= 4 is 23.0 Å². The quantitative estimate of drug-likeness (QED) is 0.784. The van der Waals surface area contributed by atoms with Crippen LogP contribution in [0.2, 0.25) is 0 Å². The van der Waals surface area contributed by atoms with Gasteiger partial charge in [-0.2, -0.15) is 0 Å². The zero-order chi connectivity index (χ0) is 13.0. The first-order valence-corrected chi connectivity index (χ1v) is 6.22. The molecule has 1 atom stereocenters. The number of nitrogens with zero attached hydrogens (tertiary/aromatic N) is 1. The number of anilines is 3. The average Bonchev–Trinajstić information content (AvgIpc) is 2.81. The smallest absolute Gasteiger partial charge is 0.247 e. The third-order valence-corrected chi connectivity index (χ3v) is 3.78. The fraction of sp³-hybridized carbons (Fsp3) is 0.133. The van der Waals surface area contributed by atoms with Crippen LogP contribution < -0.4 is 10.2 Å². The van der Waals surface area contributed by atoms with Gasteiger partial charge in [0.1, 0.15) is 17.5 Å². The number of hydrogen-bond acceptors (Lipinski definition) is 2. The van der Waals surface area contributed by atoms with Crippen molar-refractivity contribution in [1.29, 1.82) is 0 Å². The normalized spacial score (nSPS) is 19.5. The molecular formula is C15H11FN2O. The maximum atomic E-state index is 13.8. The molecule has 2 heterocycles. The van der Waals surface area contributed by atoms with E-state index in [1.54, 1.807) is 6.07 Å². The number of fused-ring (bicyclic) bond motifs is 5. The molecule has 94 valence electrons. The van der Waals surface area contributed by atoms with Crippen LogP contribution in [-0.2, 0) is 11.2 Å². The Bertz CT molecular complexity index is 698. The molecule has 1 unspecified atom stereocenters. The van der Waals surface area contributed by atoms with Crippen LogP contribution in [0.3, 0.4) is 0 Å². The van der Waals surface area contributed by atoms with Crippen molar-refractivity contribution in [3.8, 4) is 0 Å². The molecule has 1 N–H and O–H groups in total. The number of hydrogen-bond donors (Lipinski definition) is 1. The summed E-state index contributed by atoms with van der Waals surface area (Å²) in [5.74, 6) is -0.539. The fourth-order valence-corrected chi connectivity index (χ4v) is 2.94. The number of benzene rings is 2. The summed E-state index contributed by atoms with van der Waals surface area (Å²) in [7, 11) is 0. The van der Waals surface area contributed by atoms with Crippen LogP contribution in [0, 0.1) is 5.82 Å². The first-order chi connectivity index (χ1) is 9.25. The van der Waals surface area contributed by atoms with Gasteiger partial charge in [-0.15, -0.1) is 0 Å². The van der Waals surface area contributed by atoms with E-state index in [-0.39, 0.29) is 17.6 Å². The highest BCUT2D eigenvalue weighted by Gasteiger charge is 2.40. The van der Waals surface area contributed by atoms with Gasteiger partial charge in [0, 0.05) is 12.1 Å². The maximum absolute atomic E-state index is 13.8. The molecular weight excluding hydrogens is 243 g/mol. The van der Waals surface area contributed by atoms with Crippen LogP contribution in [-0.4, -0.2) is 11.9 Å². The molecule has 3 nitrogen and oxygen atoms in total. The highest BCUT2D eigenvalue weighted by Crippen LogP contribution is 2.45. The molecule has 4 rings (SSSR count). The summed E-state index contributed by atoms with van der Waals surface area (Å²) in [5, 5.41) is 2.68. The van der Waals surface area contributed by atoms with E-state index in [9.17, 15) is 9.18 Å². The lowest BCUT2D eigenvalue weighted by Gasteiger charge is -2.33. The van der Waals surface area contributed by atoms with Gasteiger partial charge in [-0.05, 0) is 23.8 Å². The van der Waals surface area contributed by atoms with E-state index >= 15 is 0 Å². The number of halogens is 1. The topological polar surface area (TPSA) is 32.3 Å². The van der Waals surface area contributed by atoms with Gasteiger partial charge in [-0.25, -0.2) is 4.39 Å². The number of amides is 1. The first-order valence-electron chi connectivity index (χ1n) is 6.22. The SMILES string of the molecule is O=C1Nc2c(F)cccc2N2c3ccccc3CC12. The lowest BCUT2D eigenvalue weighted by atomic mass is 10.1. The largest absolute Gasteiger partial charge is 0.327 e. The summed E-state index contributed by atoms with van der Waals surface area (Å²) < 4.78 is 13.8. The monoisotopic (exact) mass is 254 g/mol. The van der Waals surface area contributed by atoms with Gasteiger partial charge in [0.2, 0.25) is 5.91 Å². The number of rotatable bonds is 0. The van der Waals surface area contributed by atoms with E-state index in [4.69, 9.17) is 0 Å². The Kier molecular flexibility index (Phi) is 1.98. The highest BCUT2D eigenvalue weighted by molar-refractivity contribution is 6.07. The van der Waals surface area contributed by atoms with Gasteiger partial charge in [0.15, 0.2) is 0 Å². The fourth-order valence-electron chi connectivity index (χ4n) is 2.94. The standard InChI is InChI=1S/C15H11FN2O/c16-10-5-3-7-12-14(10)17-15(19)13-8-9-4-1-2-6-11(9)18(12)13/h1-7,13H,8H2,(H,17,19). The molecule has 0 saturated heterocycles. The molecule has 0 aliphatic carbocycles. The number of nitrogens with one attached hydrogen (secondary N) is 1. The van der Waals surface area contributed by atoms with Crippen LogP contribution in [0.15, 0.2) is 42.5 Å². The van der Waals surface area contributed by atoms with E-state index in [1.807, 2.05) is 35.2 Å². The second-order valence-electron chi connectivity index (χ2n) is 4.84. The molecule has 0 spiro atoms. The number of carbonyl (C=O) groups is 1. The average molecular weight is 254 g/mol. The molecule has 19 heavy (non-hydrogen) atoms. The third-order valence-electron chi connectivity index (χ3n) is 3.78. The molecule has 0 radical (unpaired) electrons. The molecule has 0 aromatic heterocycles. The molecule has 4 heteroatoms. The summed E-state index contributed by atoms with van der Waals surface area (Å²) in [5.41, 5.74) is 3.13. The Hall–Kier alpha value is -2.36. The van der Waals surface area contributed by atoms with Crippen LogP contribution in [0.1, 0.15) is 5.56 Å². The van der Waals surface area contributed by atoms with Crippen molar-refractivity contribution in [2.75, 3.05) is 10.2 Å². The Morgan fingerprint density at radius 2 is 1.89 bits per heavy atom. The summed E-state index contributed by atoms with van der Waals surface area (Å²) in [6, 6.07) is 12.5. The maximum Gasteiger partial charge on any atom is 0.247 e. The third kappa shape index (κ3) is 1.34. The number of carbonyl (C=O) groups excluding carboxylic acids is 1. The lowest BCUT2D eigenvalue weighted by Crippen LogP contribution is -2.43. The summed E-state index contributed by atoms with van der Waals surface area (Å²) in [4.78, 5) is 14.1. The van der Waals surface area contributed by atoms with Crippen molar-refractivity contribution < 1.29 is 9.18 Å². The van der Waals surface area contributed by atoms with Crippen LogP contribution >= 0.6 is 0 Å². The van der Waals surface area contributed by atoms with Gasteiger partial charge in [0.25, 0.3) is 0 Å². The van der Waals surface area contributed by atoms with Crippen molar-refractivity contribution in [3.05, 3.63) is 53.8 Å². The van der Waals surface area contributed by atoms with Gasteiger partial charge in [-0.1, -0.05) is 24.3 Å². The van der Waals surface area contributed by atoms with E-state index in [0.29, 0.717) is 6.42 Å². The van der Waals surface area contributed by atoms with Gasteiger partial charge < -0.3 is 10.2 Å². The Morgan fingerprint density at radius 3 is 2.79 bits per heavy atom. The highest BCUT2D eigenvalue weighted by atomic mass is 19.1. The first kappa shape index (κ1) is 10.6. The van der Waals surface area contributed by atoms with E-state index in [0.717, 1.165) is 16.9 Å². The molecule has 1 amide bonds. The molecule has 2 aliphatic heterocycles. The molecule has 0 fully saturated rings. The van der Waals surface area contributed by atoms with E-state index in [2.05, 4.69) is 5.32 Å². The van der Waals surface area contributed by atoms with Gasteiger partial charge in [-0.3, -0.25) is 4.79 Å². The van der Waals surface area contributed by atoms with E-state index < -0.39 is 5.82 Å². The molecule has 2 aromatic rings. The van der Waals surface area contributed by atoms with E-state index in [1.165, 1.54) is 6.07 Å². The summed E-state index contributed by atoms with van der Waals surface area (Å²) >= 11 is 0. The van der Waals surface area contributed by atoms with Crippen molar-refractivity contribution in [3.63, 3.8) is 0 Å². The number of para-hydroxylation sites is 2. The minimum Gasteiger partial charge on any atom is -0.327 e. The van der Waals surface area contributed by atoms with Crippen LogP contribution in [0.5, 0.6) is 0 Å². The summed E-state index contributed by atoms with van der Waals surface area (Å²) in [6.07, 6.45) is 0.665. The molecule has 0 bridgehead atoms. The predicted molar refractivity (Wildman–Crippen MR) is 71.1 cm³/mol. The molecule has 2 aromatic carbocycles. The van der Waals surface area contributed by atoms with Crippen molar-refractivity contribution in [2.24, 2.45) is 0 Å². The second-order valence-corrected chi connectivity index (χ2v) is 4.84. The van der Waals surface area contributed by atoms with Crippen molar-refractivity contribution in [2.45, 2.75) is 12.5 Å². The minimum atomic E-state index is -0.395. The Labute approximate surface area is 109 Å². The molecule has 2 aliphatic rings.